The van der Waals surface area contributed by atoms with Crippen molar-refractivity contribution in [2.45, 2.75) is 39.3 Å². The lowest BCUT2D eigenvalue weighted by atomic mass is 9.97. The van der Waals surface area contributed by atoms with Crippen LogP contribution in [0.2, 0.25) is 5.02 Å². The van der Waals surface area contributed by atoms with Gasteiger partial charge in [-0.2, -0.15) is 0 Å². The third kappa shape index (κ3) is 4.87. The van der Waals surface area contributed by atoms with Gasteiger partial charge in [0.2, 0.25) is 11.9 Å². The largest absolute Gasteiger partial charge is 0.491 e. The molecule has 2 heterocycles. The Morgan fingerprint density at radius 1 is 1.30 bits per heavy atom. The second-order valence-electron chi connectivity index (χ2n) is 8.04. The lowest BCUT2D eigenvalue weighted by molar-refractivity contribution is -0.125. The van der Waals surface area contributed by atoms with E-state index in [9.17, 15) is 4.79 Å². The molecule has 1 fully saturated rings. The number of imidazole rings is 1. The highest BCUT2D eigenvalue weighted by molar-refractivity contribution is 6.31. The molecule has 158 valence electrons. The fourth-order valence-electron chi connectivity index (χ4n) is 3.79. The molecule has 0 unspecified atom stereocenters. The molecule has 3 aromatic rings. The molecule has 0 saturated carbocycles. The summed E-state index contributed by atoms with van der Waals surface area (Å²) in [7, 11) is 0. The van der Waals surface area contributed by atoms with Crippen molar-refractivity contribution in [1.29, 1.82) is 0 Å². The average molecular weight is 427 g/mol. The van der Waals surface area contributed by atoms with Crippen molar-refractivity contribution in [2.75, 3.05) is 18.0 Å². The highest BCUT2D eigenvalue weighted by Gasteiger charge is 2.27. The lowest BCUT2D eigenvalue weighted by Gasteiger charge is -2.31. The van der Waals surface area contributed by atoms with E-state index in [1.54, 1.807) is 0 Å². The number of hydrogen-bond acceptors (Lipinski definition) is 4. The molecule has 4 rings (SSSR count). The van der Waals surface area contributed by atoms with E-state index in [4.69, 9.17) is 16.3 Å². The standard InChI is InChI=1S/C23H27ClN4O2/c1-15(2)30-19-8-5-16(6-9-19)13-25-22(29)17-4-3-11-28(14-17)23-26-20-10-7-18(24)12-21(20)27-23/h5-10,12,15,17H,3-4,11,13-14H2,1-2H3,(H,25,29)(H,26,27)/t17-/m1/s1. The molecule has 1 aliphatic heterocycles. The number of benzene rings is 2. The van der Waals surface area contributed by atoms with Gasteiger partial charge < -0.3 is 19.9 Å². The Morgan fingerprint density at radius 2 is 2.10 bits per heavy atom. The van der Waals surface area contributed by atoms with Gasteiger partial charge in [0.15, 0.2) is 0 Å². The van der Waals surface area contributed by atoms with Crippen molar-refractivity contribution in [1.82, 2.24) is 15.3 Å². The molecule has 0 aliphatic carbocycles. The number of nitrogens with one attached hydrogen (secondary N) is 2. The second kappa shape index (κ2) is 8.96. The van der Waals surface area contributed by atoms with Crippen LogP contribution >= 0.6 is 11.6 Å². The van der Waals surface area contributed by atoms with Crippen LogP contribution in [0.4, 0.5) is 5.95 Å². The minimum absolute atomic E-state index is 0.0564. The molecule has 1 aromatic heterocycles. The van der Waals surface area contributed by atoms with Gasteiger partial charge in [0, 0.05) is 24.7 Å². The molecular formula is C23H27ClN4O2. The first-order chi connectivity index (χ1) is 14.5. The van der Waals surface area contributed by atoms with Gasteiger partial charge in [-0.1, -0.05) is 23.7 Å². The predicted molar refractivity (Wildman–Crippen MR) is 120 cm³/mol. The minimum Gasteiger partial charge on any atom is -0.491 e. The third-order valence-electron chi connectivity index (χ3n) is 5.29. The zero-order valence-electron chi connectivity index (χ0n) is 17.3. The molecule has 6 nitrogen and oxygen atoms in total. The highest BCUT2D eigenvalue weighted by atomic mass is 35.5. The van der Waals surface area contributed by atoms with Gasteiger partial charge in [-0.05, 0) is 62.6 Å². The predicted octanol–water partition coefficient (Wildman–Crippen LogP) is 4.54. The first kappa shape index (κ1) is 20.5. The number of halogens is 1. The summed E-state index contributed by atoms with van der Waals surface area (Å²) in [6.45, 7) is 6.06. The first-order valence-electron chi connectivity index (χ1n) is 10.4. The quantitative estimate of drug-likeness (QED) is 0.607. The van der Waals surface area contributed by atoms with E-state index in [2.05, 4.69) is 20.2 Å². The van der Waals surface area contributed by atoms with Crippen LogP contribution < -0.4 is 15.0 Å². The van der Waals surface area contributed by atoms with E-state index in [0.717, 1.165) is 47.7 Å². The Kier molecular flexibility index (Phi) is 6.13. The van der Waals surface area contributed by atoms with Gasteiger partial charge in [0.1, 0.15) is 5.75 Å². The molecule has 0 spiro atoms. The maximum Gasteiger partial charge on any atom is 0.225 e. The Balaban J connectivity index is 1.35. The molecule has 1 saturated heterocycles. The van der Waals surface area contributed by atoms with Gasteiger partial charge in [-0.3, -0.25) is 4.79 Å². The zero-order valence-corrected chi connectivity index (χ0v) is 18.1. The van der Waals surface area contributed by atoms with Crippen molar-refractivity contribution in [2.24, 2.45) is 5.92 Å². The van der Waals surface area contributed by atoms with E-state index in [0.29, 0.717) is 18.1 Å². The minimum atomic E-state index is -0.0564. The summed E-state index contributed by atoms with van der Waals surface area (Å²) in [6.07, 6.45) is 1.99. The van der Waals surface area contributed by atoms with Crippen LogP contribution in [0.1, 0.15) is 32.3 Å². The third-order valence-corrected chi connectivity index (χ3v) is 5.52. The van der Waals surface area contributed by atoms with Crippen LogP contribution in [0.15, 0.2) is 42.5 Å². The lowest BCUT2D eigenvalue weighted by Crippen LogP contribution is -2.43. The summed E-state index contributed by atoms with van der Waals surface area (Å²) in [5.74, 6) is 1.67. The van der Waals surface area contributed by atoms with Gasteiger partial charge in [0.25, 0.3) is 0 Å². The smallest absolute Gasteiger partial charge is 0.225 e. The molecule has 2 aromatic carbocycles. The Bertz CT molecular complexity index is 1020. The van der Waals surface area contributed by atoms with Crippen LogP contribution in [-0.4, -0.2) is 35.1 Å². The number of anilines is 1. The molecule has 1 aliphatic rings. The Hall–Kier alpha value is -2.73. The maximum absolute atomic E-state index is 12.8. The fraction of sp³-hybridized carbons (Fsp3) is 0.391. The van der Waals surface area contributed by atoms with Crippen LogP contribution in [0, 0.1) is 5.92 Å². The number of fused-ring (bicyclic) bond motifs is 1. The van der Waals surface area contributed by atoms with Gasteiger partial charge in [-0.15, -0.1) is 0 Å². The molecule has 2 N–H and O–H groups in total. The number of rotatable bonds is 6. The molecule has 0 bridgehead atoms. The van der Waals surface area contributed by atoms with E-state index in [1.807, 2.05) is 56.3 Å². The number of carbonyl (C=O) groups excluding carboxylic acids is 1. The summed E-state index contributed by atoms with van der Waals surface area (Å²) >= 11 is 6.07. The van der Waals surface area contributed by atoms with Crippen molar-refractivity contribution in [3.05, 3.63) is 53.1 Å². The van der Waals surface area contributed by atoms with Crippen LogP contribution in [-0.2, 0) is 11.3 Å². The molecular weight excluding hydrogens is 400 g/mol. The number of hydrogen-bond donors (Lipinski definition) is 2. The number of amides is 1. The Morgan fingerprint density at radius 3 is 2.87 bits per heavy atom. The molecule has 7 heteroatoms. The van der Waals surface area contributed by atoms with Crippen molar-refractivity contribution in [3.8, 4) is 5.75 Å². The summed E-state index contributed by atoms with van der Waals surface area (Å²) in [6, 6.07) is 13.5. The summed E-state index contributed by atoms with van der Waals surface area (Å²) in [5.41, 5.74) is 2.85. The van der Waals surface area contributed by atoms with E-state index in [1.165, 1.54) is 0 Å². The van der Waals surface area contributed by atoms with Gasteiger partial charge in [-0.25, -0.2) is 4.98 Å². The van der Waals surface area contributed by atoms with Crippen molar-refractivity contribution < 1.29 is 9.53 Å². The topological polar surface area (TPSA) is 70.2 Å². The number of ether oxygens (including phenoxy) is 1. The summed E-state index contributed by atoms with van der Waals surface area (Å²) in [5, 5.41) is 3.76. The van der Waals surface area contributed by atoms with Gasteiger partial charge >= 0.3 is 0 Å². The van der Waals surface area contributed by atoms with Crippen LogP contribution in [0.25, 0.3) is 11.0 Å². The van der Waals surface area contributed by atoms with Gasteiger partial charge in [0.05, 0.1) is 23.1 Å². The number of carbonyl (C=O) groups is 1. The number of nitrogens with zero attached hydrogens (tertiary/aromatic N) is 2. The average Bonchev–Trinajstić information content (AvgIpc) is 3.16. The van der Waals surface area contributed by atoms with E-state index < -0.39 is 0 Å². The maximum atomic E-state index is 12.8. The van der Waals surface area contributed by atoms with Crippen molar-refractivity contribution >= 4 is 34.5 Å². The molecule has 1 amide bonds. The van der Waals surface area contributed by atoms with Crippen LogP contribution in [0.5, 0.6) is 5.75 Å². The number of aromatic nitrogens is 2. The summed E-state index contributed by atoms with van der Waals surface area (Å²) in [4.78, 5) is 22.9. The highest BCUT2D eigenvalue weighted by Crippen LogP contribution is 2.25. The van der Waals surface area contributed by atoms with Crippen molar-refractivity contribution in [3.63, 3.8) is 0 Å². The first-order valence-corrected chi connectivity index (χ1v) is 10.8. The SMILES string of the molecule is CC(C)Oc1ccc(CNC(=O)[C@@H]2CCCN(c3nc4ccc(Cl)cc4[nH]3)C2)cc1. The second-order valence-corrected chi connectivity index (χ2v) is 8.47. The molecule has 0 radical (unpaired) electrons. The number of H-pyrrole nitrogens is 1. The Labute approximate surface area is 181 Å². The van der Waals surface area contributed by atoms with E-state index >= 15 is 0 Å². The zero-order chi connectivity index (χ0) is 21.1. The molecule has 1 atom stereocenters. The molecule has 30 heavy (non-hydrogen) atoms. The van der Waals surface area contributed by atoms with E-state index in [-0.39, 0.29) is 17.9 Å². The monoisotopic (exact) mass is 426 g/mol. The fourth-order valence-corrected chi connectivity index (χ4v) is 3.97. The normalized spacial score (nSPS) is 16.8. The number of aromatic amines is 1. The summed E-state index contributed by atoms with van der Waals surface area (Å²) < 4.78 is 5.66. The number of piperidine rings is 1. The van der Waals surface area contributed by atoms with Crippen LogP contribution in [0.3, 0.4) is 0 Å².